The van der Waals surface area contributed by atoms with E-state index in [1.807, 2.05) is 11.8 Å². The van der Waals surface area contributed by atoms with Crippen LogP contribution in [0.15, 0.2) is 11.1 Å². The van der Waals surface area contributed by atoms with Crippen LogP contribution < -0.4 is 5.32 Å². The summed E-state index contributed by atoms with van der Waals surface area (Å²) in [6.07, 6.45) is 3.30. The third kappa shape index (κ3) is 3.64. The molecule has 0 aliphatic heterocycles. The Kier molecular flexibility index (Phi) is 5.66. The molecule has 1 unspecified atom stereocenters. The van der Waals surface area contributed by atoms with Crippen LogP contribution in [0.5, 0.6) is 0 Å². The fraction of sp³-hybridized carbons (Fsp3) is 0.600. The van der Waals surface area contributed by atoms with E-state index in [9.17, 15) is 0 Å². The van der Waals surface area contributed by atoms with E-state index < -0.39 is 0 Å². The van der Waals surface area contributed by atoms with Crippen molar-refractivity contribution in [2.45, 2.75) is 57.2 Å². The third-order valence-corrected chi connectivity index (χ3v) is 5.62. The van der Waals surface area contributed by atoms with Crippen molar-refractivity contribution in [1.29, 1.82) is 0 Å². The maximum atomic E-state index is 4.72. The number of nitrogens with zero attached hydrogens (tertiary/aromatic N) is 2. The fourth-order valence-corrected chi connectivity index (χ4v) is 3.80. The zero-order valence-corrected chi connectivity index (χ0v) is 14.3. The number of aryl methyl sites for hydroxylation is 1. The lowest BCUT2D eigenvalue weighted by atomic mass is 10.3. The second kappa shape index (κ2) is 7.27. The molecule has 0 aromatic carbocycles. The molecular formula is C15H23N3S2. The summed E-state index contributed by atoms with van der Waals surface area (Å²) >= 11 is 3.65. The van der Waals surface area contributed by atoms with E-state index in [4.69, 9.17) is 4.98 Å². The Hall–Kier alpha value is -0.810. The first-order valence-corrected chi connectivity index (χ1v) is 9.08. The summed E-state index contributed by atoms with van der Waals surface area (Å²) in [4.78, 5) is 11.9. The first-order valence-electron chi connectivity index (χ1n) is 7.38. The zero-order chi connectivity index (χ0) is 14.5. The molecule has 0 amide bonds. The molecule has 1 N–H and O–H groups in total. The lowest BCUT2D eigenvalue weighted by Gasteiger charge is -2.10. The highest BCUT2D eigenvalue weighted by molar-refractivity contribution is 8.00. The molecule has 1 atom stereocenters. The minimum absolute atomic E-state index is 0.581. The van der Waals surface area contributed by atoms with Gasteiger partial charge in [-0.15, -0.1) is 23.1 Å². The van der Waals surface area contributed by atoms with E-state index in [0.29, 0.717) is 5.25 Å². The lowest BCUT2D eigenvalue weighted by Crippen LogP contribution is -2.05. The highest BCUT2D eigenvalue weighted by Gasteiger charge is 2.13. The summed E-state index contributed by atoms with van der Waals surface area (Å²) in [6.45, 7) is 9.74. The van der Waals surface area contributed by atoms with Crippen LogP contribution in [-0.2, 0) is 6.42 Å². The molecule has 0 bridgehead atoms. The zero-order valence-electron chi connectivity index (χ0n) is 12.7. The number of thioether (sulfide) groups is 1. The van der Waals surface area contributed by atoms with Crippen molar-refractivity contribution in [3.63, 3.8) is 0 Å². The second-order valence-electron chi connectivity index (χ2n) is 4.90. The predicted molar refractivity (Wildman–Crippen MR) is 91.2 cm³/mol. The van der Waals surface area contributed by atoms with Gasteiger partial charge in [-0.2, -0.15) is 0 Å². The third-order valence-electron chi connectivity index (χ3n) is 3.18. The van der Waals surface area contributed by atoms with Crippen molar-refractivity contribution in [2.75, 3.05) is 11.9 Å². The van der Waals surface area contributed by atoms with Gasteiger partial charge in [0, 0.05) is 22.1 Å². The number of rotatable bonds is 7. The molecule has 0 spiro atoms. The van der Waals surface area contributed by atoms with Crippen molar-refractivity contribution < 1.29 is 0 Å². The van der Waals surface area contributed by atoms with Crippen LogP contribution in [0, 0.1) is 0 Å². The molecule has 0 aliphatic rings. The second-order valence-corrected chi connectivity index (χ2v) is 7.44. The molecular weight excluding hydrogens is 286 g/mol. The summed E-state index contributed by atoms with van der Waals surface area (Å²) in [5.74, 6) is 0.773. The Morgan fingerprint density at radius 2 is 2.10 bits per heavy atom. The lowest BCUT2D eigenvalue weighted by molar-refractivity contribution is 0.900. The van der Waals surface area contributed by atoms with Crippen LogP contribution in [0.1, 0.15) is 45.4 Å². The molecule has 2 aromatic heterocycles. The Bertz CT molecular complexity index is 565. The molecule has 2 aromatic rings. The Balaban J connectivity index is 2.40. The average molecular weight is 310 g/mol. The average Bonchev–Trinajstić information content (AvgIpc) is 2.88. The predicted octanol–water partition coefficient (Wildman–Crippen LogP) is 4.97. The van der Waals surface area contributed by atoms with Crippen LogP contribution in [0.25, 0.3) is 10.2 Å². The maximum Gasteiger partial charge on any atom is 0.225 e. The van der Waals surface area contributed by atoms with Crippen molar-refractivity contribution in [3.8, 4) is 0 Å². The summed E-state index contributed by atoms with van der Waals surface area (Å²) in [5, 5.41) is 6.24. The molecule has 0 saturated heterocycles. The van der Waals surface area contributed by atoms with Crippen molar-refractivity contribution in [3.05, 3.63) is 10.9 Å². The van der Waals surface area contributed by atoms with Gasteiger partial charge in [0.05, 0.1) is 0 Å². The molecule has 5 heteroatoms. The monoisotopic (exact) mass is 309 g/mol. The first-order chi connectivity index (χ1) is 9.67. The molecule has 0 saturated carbocycles. The van der Waals surface area contributed by atoms with Crippen LogP contribution in [-0.4, -0.2) is 21.8 Å². The van der Waals surface area contributed by atoms with E-state index in [1.54, 1.807) is 11.3 Å². The first kappa shape index (κ1) is 15.6. The summed E-state index contributed by atoms with van der Waals surface area (Å²) < 4.78 is 0. The van der Waals surface area contributed by atoms with E-state index in [0.717, 1.165) is 41.6 Å². The van der Waals surface area contributed by atoms with Gasteiger partial charge in [0.1, 0.15) is 9.86 Å². The number of aromatic nitrogens is 2. The minimum Gasteiger partial charge on any atom is -0.354 e. The standard InChI is InChI=1S/C15H23N3S2/c1-5-8-16-15-17-13(19-10(4)6-2)12-9-11(7-3)20-14(12)18-15/h9-10H,5-8H2,1-4H3,(H,16,17,18). The Morgan fingerprint density at radius 3 is 2.75 bits per heavy atom. The molecule has 0 fully saturated rings. The SMILES string of the molecule is CCCNc1nc(SC(C)CC)c2cc(CC)sc2n1. The van der Waals surface area contributed by atoms with Gasteiger partial charge >= 0.3 is 0 Å². The quantitative estimate of drug-likeness (QED) is 0.579. The topological polar surface area (TPSA) is 37.8 Å². The van der Waals surface area contributed by atoms with E-state index >= 15 is 0 Å². The van der Waals surface area contributed by atoms with Gasteiger partial charge in [0.2, 0.25) is 5.95 Å². The molecule has 0 aliphatic carbocycles. The minimum atomic E-state index is 0.581. The largest absolute Gasteiger partial charge is 0.354 e. The van der Waals surface area contributed by atoms with Gasteiger partial charge in [-0.25, -0.2) is 9.97 Å². The van der Waals surface area contributed by atoms with Crippen LogP contribution in [0.4, 0.5) is 5.95 Å². The van der Waals surface area contributed by atoms with Gasteiger partial charge in [-0.05, 0) is 25.3 Å². The number of nitrogens with one attached hydrogen (secondary N) is 1. The number of hydrogen-bond donors (Lipinski definition) is 1. The van der Waals surface area contributed by atoms with E-state index in [1.165, 1.54) is 10.3 Å². The highest BCUT2D eigenvalue weighted by atomic mass is 32.2. The highest BCUT2D eigenvalue weighted by Crippen LogP contribution is 2.35. The maximum absolute atomic E-state index is 4.72. The van der Waals surface area contributed by atoms with Gasteiger partial charge < -0.3 is 5.32 Å². The number of thiophene rings is 1. The summed E-state index contributed by atoms with van der Waals surface area (Å²) in [7, 11) is 0. The van der Waals surface area contributed by atoms with Crippen molar-refractivity contribution in [2.24, 2.45) is 0 Å². The smallest absolute Gasteiger partial charge is 0.225 e. The van der Waals surface area contributed by atoms with Gasteiger partial charge in [0.15, 0.2) is 0 Å². The number of fused-ring (bicyclic) bond motifs is 1. The van der Waals surface area contributed by atoms with Gasteiger partial charge in [-0.3, -0.25) is 0 Å². The molecule has 20 heavy (non-hydrogen) atoms. The molecule has 110 valence electrons. The van der Waals surface area contributed by atoms with Crippen LogP contribution in [0.3, 0.4) is 0 Å². The van der Waals surface area contributed by atoms with E-state index in [2.05, 4.69) is 44.1 Å². The molecule has 2 heterocycles. The number of anilines is 1. The van der Waals surface area contributed by atoms with E-state index in [-0.39, 0.29) is 0 Å². The van der Waals surface area contributed by atoms with Crippen LogP contribution in [0.2, 0.25) is 0 Å². The van der Waals surface area contributed by atoms with Crippen molar-refractivity contribution in [1.82, 2.24) is 9.97 Å². The molecule has 3 nitrogen and oxygen atoms in total. The fourth-order valence-electron chi connectivity index (χ4n) is 1.80. The van der Waals surface area contributed by atoms with Gasteiger partial charge in [-0.1, -0.05) is 27.7 Å². The normalized spacial score (nSPS) is 12.8. The Labute approximate surface area is 129 Å². The summed E-state index contributed by atoms with van der Waals surface area (Å²) in [6, 6.07) is 2.26. The molecule has 2 rings (SSSR count). The Morgan fingerprint density at radius 1 is 1.30 bits per heavy atom. The number of hydrogen-bond acceptors (Lipinski definition) is 5. The van der Waals surface area contributed by atoms with Gasteiger partial charge in [0.25, 0.3) is 0 Å². The van der Waals surface area contributed by atoms with Crippen molar-refractivity contribution >= 4 is 39.3 Å². The van der Waals surface area contributed by atoms with Crippen LogP contribution >= 0.6 is 23.1 Å². The molecule has 0 radical (unpaired) electrons. The summed E-state index contributed by atoms with van der Waals surface area (Å²) in [5.41, 5.74) is 0.